The van der Waals surface area contributed by atoms with Crippen LogP contribution in [0.25, 0.3) is 22.0 Å². The lowest BCUT2D eigenvalue weighted by molar-refractivity contribution is -0.138. The Balaban J connectivity index is 1.21. The van der Waals surface area contributed by atoms with Crippen molar-refractivity contribution >= 4 is 50.2 Å². The lowest BCUT2D eigenvalue weighted by Gasteiger charge is -2.38. The van der Waals surface area contributed by atoms with Crippen LogP contribution in [0.5, 0.6) is 0 Å². The van der Waals surface area contributed by atoms with Gasteiger partial charge in [0.05, 0.1) is 11.6 Å². The number of rotatable bonds is 8. The van der Waals surface area contributed by atoms with Crippen molar-refractivity contribution in [2.75, 3.05) is 25.0 Å². The number of fused-ring (bicyclic) bond motifs is 2. The molecule has 46 heavy (non-hydrogen) atoms. The first kappa shape index (κ1) is 30.6. The maximum atomic E-state index is 14.3. The third-order valence-electron chi connectivity index (χ3n) is 9.56. The topological polar surface area (TPSA) is 146 Å². The van der Waals surface area contributed by atoms with Crippen LogP contribution < -0.4 is 5.32 Å². The molecular formula is C33H35BrN8O4. The van der Waals surface area contributed by atoms with Crippen molar-refractivity contribution in [1.82, 2.24) is 34.5 Å². The minimum Gasteiger partial charge on any atom is -0.390 e. The number of piperidine rings is 1. The average Bonchev–Trinajstić information content (AvgIpc) is 3.38. The number of aryl methyl sites for hydroxylation is 3. The molecule has 2 aliphatic heterocycles. The van der Waals surface area contributed by atoms with E-state index < -0.39 is 6.04 Å². The molecule has 2 amide bonds. The second kappa shape index (κ2) is 11.3. The van der Waals surface area contributed by atoms with E-state index in [4.69, 9.17) is 0 Å². The molecule has 3 aliphatic rings. The highest BCUT2D eigenvalue weighted by molar-refractivity contribution is 9.10. The molecule has 2 N–H and O–H groups in total. The molecule has 2 saturated heterocycles. The van der Waals surface area contributed by atoms with Crippen molar-refractivity contribution in [3.63, 3.8) is 0 Å². The fraction of sp³-hybridized carbons (Fsp3) is 0.424. The number of nitrogens with zero attached hydrogens (tertiary/aromatic N) is 7. The van der Waals surface area contributed by atoms with E-state index in [9.17, 15) is 19.5 Å². The Bertz CT molecular complexity index is 1900. The molecule has 12 nitrogen and oxygen atoms in total. The first-order valence-corrected chi connectivity index (χ1v) is 16.2. The van der Waals surface area contributed by atoms with E-state index >= 15 is 0 Å². The van der Waals surface area contributed by atoms with Crippen LogP contribution >= 0.6 is 15.9 Å². The highest BCUT2D eigenvalue weighted by Gasteiger charge is 2.67. The molecule has 0 spiro atoms. The van der Waals surface area contributed by atoms with Crippen LogP contribution in [-0.4, -0.2) is 95.1 Å². The number of aliphatic hydroxyl groups excluding tert-OH is 1. The van der Waals surface area contributed by atoms with Crippen molar-refractivity contribution in [2.24, 2.45) is 5.41 Å². The van der Waals surface area contributed by atoms with Gasteiger partial charge in [-0.25, -0.2) is 15.0 Å². The molecule has 238 valence electrons. The highest BCUT2D eigenvalue weighted by atomic mass is 79.9. The number of aromatic nitrogens is 5. The fourth-order valence-corrected chi connectivity index (χ4v) is 7.52. The molecule has 3 aromatic heterocycles. The maximum Gasteiger partial charge on any atom is 0.248 e. The Kier molecular flexibility index (Phi) is 7.52. The summed E-state index contributed by atoms with van der Waals surface area (Å²) in [5.74, 6) is 0.384. The molecule has 0 bridgehead atoms. The van der Waals surface area contributed by atoms with Gasteiger partial charge in [-0.3, -0.25) is 24.0 Å². The van der Waals surface area contributed by atoms with E-state index in [1.54, 1.807) is 22.0 Å². The quantitative estimate of drug-likeness (QED) is 0.210. The fourth-order valence-electron chi connectivity index (χ4n) is 7.21. The number of Topliss-reactive ketones (excluding diaryl/α,β-unsaturated/α-hetero) is 1. The second-order valence-corrected chi connectivity index (χ2v) is 13.8. The summed E-state index contributed by atoms with van der Waals surface area (Å²) in [6.07, 6.45) is 4.48. The molecule has 1 saturated carbocycles. The van der Waals surface area contributed by atoms with Gasteiger partial charge in [-0.15, -0.1) is 0 Å². The number of carbonyl (C=O) groups excluding carboxylic acids is 3. The summed E-state index contributed by atoms with van der Waals surface area (Å²) >= 11 is 3.38. The number of β-amino-alcohol motifs (C(OH)–C–C–N with tert-alkyl or cyclic N) is 1. The summed E-state index contributed by atoms with van der Waals surface area (Å²) in [5, 5.41) is 18.1. The van der Waals surface area contributed by atoms with Gasteiger partial charge < -0.3 is 15.3 Å². The summed E-state index contributed by atoms with van der Waals surface area (Å²) in [5.41, 5.74) is 4.10. The number of hydrogen-bond donors (Lipinski definition) is 2. The van der Waals surface area contributed by atoms with Gasteiger partial charge in [-0.1, -0.05) is 6.07 Å². The Morgan fingerprint density at radius 3 is 2.48 bits per heavy atom. The largest absolute Gasteiger partial charge is 0.390 e. The van der Waals surface area contributed by atoms with Gasteiger partial charge >= 0.3 is 0 Å². The number of hydrogen-bond acceptors (Lipinski definition) is 9. The molecule has 3 fully saturated rings. The average molecular weight is 688 g/mol. The maximum absolute atomic E-state index is 14.3. The summed E-state index contributed by atoms with van der Waals surface area (Å²) in [7, 11) is 0. The number of anilines is 1. The first-order chi connectivity index (χ1) is 21.9. The summed E-state index contributed by atoms with van der Waals surface area (Å²) in [6, 6.07) is 6.76. The van der Waals surface area contributed by atoms with E-state index in [1.165, 1.54) is 6.92 Å². The highest BCUT2D eigenvalue weighted by Crippen LogP contribution is 2.60. The number of nitrogens with one attached hydrogen (secondary N) is 1. The van der Waals surface area contributed by atoms with E-state index in [0.717, 1.165) is 35.2 Å². The molecule has 1 aromatic carbocycles. The van der Waals surface area contributed by atoms with Crippen LogP contribution in [-0.2, 0) is 16.1 Å². The standard InChI is InChI=1S/C33H35BrN8O4/c1-17-5-6-27(34)37-31(17)38-32(46)25-9-33(16-40-13-23(44)14-40)10-26(33)42(25)28(45)15-41-30-18(2)7-21(22-11-35-20(4)36-12-22)8-24(30)29(39-41)19(3)43/h5-8,11-12,23,25-26,44H,9-10,13-16H2,1-4H3,(H,37,38,46)/t25-,26+,33-/m0/s1. The summed E-state index contributed by atoms with van der Waals surface area (Å²) in [6.45, 7) is 8.89. The van der Waals surface area contributed by atoms with Gasteiger partial charge in [0.25, 0.3) is 0 Å². The monoisotopic (exact) mass is 686 g/mol. The van der Waals surface area contributed by atoms with Crippen LogP contribution in [0.2, 0.25) is 0 Å². The van der Waals surface area contributed by atoms with Crippen LogP contribution in [0.15, 0.2) is 41.3 Å². The third kappa shape index (κ3) is 5.39. The van der Waals surface area contributed by atoms with Gasteiger partial charge in [0.15, 0.2) is 5.78 Å². The van der Waals surface area contributed by atoms with Gasteiger partial charge in [0.1, 0.15) is 34.5 Å². The van der Waals surface area contributed by atoms with Gasteiger partial charge in [-0.2, -0.15) is 5.10 Å². The molecule has 13 heteroatoms. The van der Waals surface area contributed by atoms with Crippen LogP contribution in [0.4, 0.5) is 5.82 Å². The van der Waals surface area contributed by atoms with Gasteiger partial charge in [0.2, 0.25) is 11.8 Å². The summed E-state index contributed by atoms with van der Waals surface area (Å²) in [4.78, 5) is 57.8. The minimum atomic E-state index is -0.694. The molecular weight excluding hydrogens is 652 g/mol. The molecule has 4 aromatic rings. The predicted molar refractivity (Wildman–Crippen MR) is 174 cm³/mol. The zero-order valence-corrected chi connectivity index (χ0v) is 27.7. The molecule has 0 unspecified atom stereocenters. The first-order valence-electron chi connectivity index (χ1n) is 15.4. The molecule has 0 radical (unpaired) electrons. The Morgan fingerprint density at radius 2 is 1.78 bits per heavy atom. The number of halogens is 1. The number of carbonyl (C=O) groups is 3. The number of amides is 2. The van der Waals surface area contributed by atoms with Crippen molar-refractivity contribution < 1.29 is 19.5 Å². The Labute approximate surface area is 274 Å². The van der Waals surface area contributed by atoms with Crippen molar-refractivity contribution in [2.45, 2.75) is 65.3 Å². The van der Waals surface area contributed by atoms with Crippen LogP contribution in [0.1, 0.15) is 47.2 Å². The molecule has 7 rings (SSSR count). The number of benzene rings is 1. The number of ketones is 1. The van der Waals surface area contributed by atoms with E-state index in [-0.39, 0.29) is 47.4 Å². The van der Waals surface area contributed by atoms with E-state index in [1.807, 2.05) is 45.0 Å². The molecule has 3 atom stereocenters. The minimum absolute atomic E-state index is 0.103. The Morgan fingerprint density at radius 1 is 1.04 bits per heavy atom. The third-order valence-corrected chi connectivity index (χ3v) is 10.00. The van der Waals surface area contributed by atoms with E-state index in [2.05, 4.69) is 46.2 Å². The van der Waals surface area contributed by atoms with Crippen molar-refractivity contribution in [1.29, 1.82) is 0 Å². The smallest absolute Gasteiger partial charge is 0.248 e. The summed E-state index contributed by atoms with van der Waals surface area (Å²) < 4.78 is 2.20. The number of aliphatic hydroxyl groups is 1. The van der Waals surface area contributed by atoms with E-state index in [0.29, 0.717) is 46.7 Å². The Hall–Kier alpha value is -4.07. The number of likely N-dealkylation sites (tertiary alicyclic amines) is 2. The van der Waals surface area contributed by atoms with Gasteiger partial charge in [0, 0.05) is 61.4 Å². The molecule has 5 heterocycles. The SMILES string of the molecule is CC(=O)c1nn(CC(=O)N2[C@H](C(=O)Nc3nc(Br)ccc3C)C[C@@]3(CN4CC(O)C4)C[C@@H]23)c2c(C)cc(-c3cnc(C)nc3)cc12. The second-order valence-electron chi connectivity index (χ2n) is 13.0. The number of pyridine rings is 1. The zero-order valence-electron chi connectivity index (χ0n) is 26.1. The van der Waals surface area contributed by atoms with Gasteiger partial charge in [-0.05, 0) is 84.4 Å². The normalized spacial score (nSPS) is 22.5. The predicted octanol–water partition coefficient (Wildman–Crippen LogP) is 3.45. The van der Waals surface area contributed by atoms with Crippen LogP contribution in [0.3, 0.4) is 0 Å². The lowest BCUT2D eigenvalue weighted by atomic mass is 9.96. The molecule has 1 aliphatic carbocycles. The van der Waals surface area contributed by atoms with Crippen LogP contribution in [0, 0.1) is 26.2 Å². The van der Waals surface area contributed by atoms with Crippen molar-refractivity contribution in [3.05, 3.63) is 63.9 Å². The van der Waals surface area contributed by atoms with Crippen molar-refractivity contribution in [3.8, 4) is 11.1 Å². The lowest BCUT2D eigenvalue weighted by Crippen LogP contribution is -2.52. The zero-order chi connectivity index (χ0) is 32.5.